The van der Waals surface area contributed by atoms with Crippen LogP contribution in [0.1, 0.15) is 12.7 Å². The van der Waals surface area contributed by atoms with Crippen LogP contribution in [0.15, 0.2) is 53.3 Å². The molecule has 1 atom stereocenters. The largest absolute Gasteiger partial charge is 0.334 e. The standard InChI is InChI=1S/C15H17N5O/c1-12(11-20-9-5-8-17-20)16-10-14-18-15(21-19-14)13-6-3-2-4-7-13/h2-9,12,16H,10-11H2,1H3/t12-/m0/s1. The molecule has 3 aromatic rings. The lowest BCUT2D eigenvalue weighted by molar-refractivity contribution is 0.407. The van der Waals surface area contributed by atoms with Crippen LogP contribution >= 0.6 is 0 Å². The Bertz CT molecular complexity index is 662. The molecule has 0 radical (unpaired) electrons. The Morgan fingerprint density at radius 2 is 2.10 bits per heavy atom. The molecule has 0 saturated carbocycles. The normalized spacial score (nSPS) is 12.4. The maximum absolute atomic E-state index is 5.27. The molecule has 0 spiro atoms. The predicted molar refractivity (Wildman–Crippen MR) is 78.3 cm³/mol. The lowest BCUT2D eigenvalue weighted by Crippen LogP contribution is -2.30. The summed E-state index contributed by atoms with van der Waals surface area (Å²) in [5.41, 5.74) is 0.931. The van der Waals surface area contributed by atoms with E-state index in [1.807, 2.05) is 47.3 Å². The van der Waals surface area contributed by atoms with Gasteiger partial charge >= 0.3 is 0 Å². The van der Waals surface area contributed by atoms with Gasteiger partial charge < -0.3 is 9.84 Å². The van der Waals surface area contributed by atoms with Gasteiger partial charge in [0.15, 0.2) is 5.82 Å². The minimum Gasteiger partial charge on any atom is -0.334 e. The molecule has 108 valence electrons. The summed E-state index contributed by atoms with van der Waals surface area (Å²) in [5.74, 6) is 1.20. The zero-order valence-electron chi connectivity index (χ0n) is 11.8. The maximum atomic E-state index is 5.27. The topological polar surface area (TPSA) is 68.8 Å². The second-order valence-corrected chi connectivity index (χ2v) is 4.89. The van der Waals surface area contributed by atoms with Crippen LogP contribution in [-0.2, 0) is 13.1 Å². The fourth-order valence-electron chi connectivity index (χ4n) is 2.04. The van der Waals surface area contributed by atoms with Crippen molar-refractivity contribution in [3.8, 4) is 11.5 Å². The van der Waals surface area contributed by atoms with Gasteiger partial charge in [0.1, 0.15) is 0 Å². The van der Waals surface area contributed by atoms with E-state index in [1.165, 1.54) is 0 Å². The lowest BCUT2D eigenvalue weighted by Gasteiger charge is -2.11. The van der Waals surface area contributed by atoms with Crippen molar-refractivity contribution in [2.45, 2.75) is 26.1 Å². The molecule has 0 aliphatic heterocycles. The maximum Gasteiger partial charge on any atom is 0.257 e. The highest BCUT2D eigenvalue weighted by Crippen LogP contribution is 2.15. The van der Waals surface area contributed by atoms with E-state index in [4.69, 9.17) is 4.52 Å². The number of benzene rings is 1. The Morgan fingerprint density at radius 1 is 1.24 bits per heavy atom. The van der Waals surface area contributed by atoms with E-state index in [0.29, 0.717) is 18.3 Å². The molecular weight excluding hydrogens is 266 g/mol. The second kappa shape index (κ2) is 6.32. The Balaban J connectivity index is 1.55. The van der Waals surface area contributed by atoms with Gasteiger partial charge in [-0.05, 0) is 25.1 Å². The Morgan fingerprint density at radius 3 is 2.86 bits per heavy atom. The van der Waals surface area contributed by atoms with Crippen LogP contribution in [0.3, 0.4) is 0 Å². The zero-order chi connectivity index (χ0) is 14.5. The van der Waals surface area contributed by atoms with Crippen LogP contribution in [0.5, 0.6) is 0 Å². The number of nitrogens with one attached hydrogen (secondary N) is 1. The SMILES string of the molecule is C[C@@H](Cn1cccn1)NCc1noc(-c2ccccc2)n1. The fourth-order valence-corrected chi connectivity index (χ4v) is 2.04. The third-order valence-electron chi connectivity index (χ3n) is 3.12. The van der Waals surface area contributed by atoms with Crippen molar-refractivity contribution in [2.24, 2.45) is 0 Å². The molecule has 0 unspecified atom stereocenters. The van der Waals surface area contributed by atoms with Crippen molar-refractivity contribution in [2.75, 3.05) is 0 Å². The number of rotatable bonds is 6. The first-order valence-electron chi connectivity index (χ1n) is 6.90. The molecule has 1 N–H and O–H groups in total. The minimum absolute atomic E-state index is 0.267. The Hall–Kier alpha value is -2.47. The smallest absolute Gasteiger partial charge is 0.257 e. The van der Waals surface area contributed by atoms with Crippen molar-refractivity contribution >= 4 is 0 Å². The molecule has 0 fully saturated rings. The van der Waals surface area contributed by atoms with E-state index in [0.717, 1.165) is 12.1 Å². The van der Waals surface area contributed by atoms with Crippen LogP contribution in [0.4, 0.5) is 0 Å². The quantitative estimate of drug-likeness (QED) is 0.750. The van der Waals surface area contributed by atoms with Crippen molar-refractivity contribution in [3.63, 3.8) is 0 Å². The zero-order valence-corrected chi connectivity index (χ0v) is 11.8. The molecule has 2 heterocycles. The molecule has 3 rings (SSSR count). The van der Waals surface area contributed by atoms with Crippen LogP contribution in [0, 0.1) is 0 Å². The predicted octanol–water partition coefficient (Wildman–Crippen LogP) is 2.11. The van der Waals surface area contributed by atoms with Gasteiger partial charge in [-0.15, -0.1) is 0 Å². The molecular formula is C15H17N5O. The summed E-state index contributed by atoms with van der Waals surface area (Å²) in [6.07, 6.45) is 3.72. The molecule has 21 heavy (non-hydrogen) atoms. The molecule has 0 amide bonds. The van der Waals surface area contributed by atoms with Gasteiger partial charge in [0.2, 0.25) is 0 Å². The highest BCUT2D eigenvalue weighted by molar-refractivity contribution is 5.51. The van der Waals surface area contributed by atoms with E-state index in [2.05, 4.69) is 27.5 Å². The van der Waals surface area contributed by atoms with Crippen LogP contribution in [0.2, 0.25) is 0 Å². The average molecular weight is 283 g/mol. The molecule has 6 heteroatoms. The summed E-state index contributed by atoms with van der Waals surface area (Å²) >= 11 is 0. The van der Waals surface area contributed by atoms with Crippen molar-refractivity contribution < 1.29 is 4.52 Å². The highest BCUT2D eigenvalue weighted by Gasteiger charge is 2.09. The molecule has 0 bridgehead atoms. The van der Waals surface area contributed by atoms with Gasteiger partial charge in [-0.2, -0.15) is 10.1 Å². The van der Waals surface area contributed by atoms with Gasteiger partial charge in [0.25, 0.3) is 5.89 Å². The van der Waals surface area contributed by atoms with Crippen LogP contribution < -0.4 is 5.32 Å². The van der Waals surface area contributed by atoms with E-state index in [9.17, 15) is 0 Å². The summed E-state index contributed by atoms with van der Waals surface area (Å²) in [6, 6.07) is 11.9. The molecule has 2 aromatic heterocycles. The third kappa shape index (κ3) is 3.55. The molecule has 0 saturated heterocycles. The summed E-state index contributed by atoms with van der Waals surface area (Å²) in [7, 11) is 0. The third-order valence-corrected chi connectivity index (χ3v) is 3.12. The van der Waals surface area contributed by atoms with Gasteiger partial charge in [0, 0.05) is 24.0 Å². The second-order valence-electron chi connectivity index (χ2n) is 4.89. The molecule has 1 aromatic carbocycles. The van der Waals surface area contributed by atoms with Gasteiger partial charge in [-0.25, -0.2) is 0 Å². The fraction of sp³-hybridized carbons (Fsp3) is 0.267. The van der Waals surface area contributed by atoms with E-state index >= 15 is 0 Å². The number of aromatic nitrogens is 4. The number of hydrogen-bond donors (Lipinski definition) is 1. The summed E-state index contributed by atoms with van der Waals surface area (Å²) in [5, 5.41) is 11.5. The monoisotopic (exact) mass is 283 g/mol. The number of hydrogen-bond acceptors (Lipinski definition) is 5. The Kier molecular flexibility index (Phi) is 4.07. The summed E-state index contributed by atoms with van der Waals surface area (Å²) in [4.78, 5) is 4.39. The van der Waals surface area contributed by atoms with E-state index < -0.39 is 0 Å². The highest BCUT2D eigenvalue weighted by atomic mass is 16.5. The average Bonchev–Trinajstić information content (AvgIpc) is 3.17. The lowest BCUT2D eigenvalue weighted by atomic mass is 10.2. The van der Waals surface area contributed by atoms with Gasteiger partial charge in [0.05, 0.1) is 13.1 Å². The number of nitrogens with zero attached hydrogens (tertiary/aromatic N) is 4. The van der Waals surface area contributed by atoms with E-state index in [1.54, 1.807) is 6.20 Å². The first-order chi connectivity index (χ1) is 10.3. The van der Waals surface area contributed by atoms with E-state index in [-0.39, 0.29) is 6.04 Å². The molecule has 0 aliphatic rings. The first-order valence-corrected chi connectivity index (χ1v) is 6.90. The van der Waals surface area contributed by atoms with Crippen molar-refractivity contribution in [3.05, 3.63) is 54.6 Å². The van der Waals surface area contributed by atoms with Gasteiger partial charge in [-0.3, -0.25) is 4.68 Å². The summed E-state index contributed by atoms with van der Waals surface area (Å²) < 4.78 is 7.16. The van der Waals surface area contributed by atoms with Crippen molar-refractivity contribution in [1.29, 1.82) is 0 Å². The van der Waals surface area contributed by atoms with Crippen LogP contribution in [-0.4, -0.2) is 26.0 Å². The van der Waals surface area contributed by atoms with Crippen LogP contribution in [0.25, 0.3) is 11.5 Å². The first kappa shape index (κ1) is 13.5. The summed E-state index contributed by atoms with van der Waals surface area (Å²) in [6.45, 7) is 3.47. The Labute approximate surface area is 122 Å². The molecule has 6 nitrogen and oxygen atoms in total. The molecule has 0 aliphatic carbocycles. The minimum atomic E-state index is 0.267. The van der Waals surface area contributed by atoms with Crippen molar-refractivity contribution in [1.82, 2.24) is 25.2 Å². The van der Waals surface area contributed by atoms with Gasteiger partial charge in [-0.1, -0.05) is 23.4 Å².